The molecule has 1 heterocycles. The van der Waals surface area contributed by atoms with Crippen molar-refractivity contribution in [2.45, 2.75) is 0 Å². The van der Waals surface area contributed by atoms with Crippen LogP contribution in [0.15, 0.2) is 72.9 Å². The third-order valence-electron chi connectivity index (χ3n) is 2.79. The van der Waals surface area contributed by atoms with Crippen LogP contribution in [0.4, 0.5) is 0 Å². The molecule has 0 amide bonds. The Kier molecular flexibility index (Phi) is 3.29. The summed E-state index contributed by atoms with van der Waals surface area (Å²) in [7, 11) is 0. The maximum Gasteiger partial charge on any atom is 0.344 e. The molecule has 0 saturated heterocycles. The Morgan fingerprint density at radius 1 is 0.900 bits per heavy atom. The van der Waals surface area contributed by atoms with Gasteiger partial charge in [-0.3, -0.25) is 0 Å². The van der Waals surface area contributed by atoms with E-state index >= 15 is 0 Å². The van der Waals surface area contributed by atoms with Crippen LogP contribution in [0.3, 0.4) is 0 Å². The van der Waals surface area contributed by atoms with Crippen LogP contribution < -0.4 is 4.74 Å². The molecule has 0 N–H and O–H groups in total. The molecule has 0 aliphatic carbocycles. The van der Waals surface area contributed by atoms with Crippen LogP contribution in [-0.4, -0.2) is 15.7 Å². The van der Waals surface area contributed by atoms with Gasteiger partial charge in [0, 0.05) is 12.3 Å². The van der Waals surface area contributed by atoms with E-state index in [4.69, 9.17) is 4.74 Å². The zero-order valence-electron chi connectivity index (χ0n) is 10.6. The molecule has 1 aromatic heterocycles. The molecule has 0 atom stereocenters. The average Bonchev–Trinajstić information content (AvgIpc) is 2.97. The van der Waals surface area contributed by atoms with Crippen molar-refractivity contribution in [3.05, 3.63) is 78.5 Å². The van der Waals surface area contributed by atoms with Crippen LogP contribution in [0.2, 0.25) is 0 Å². The van der Waals surface area contributed by atoms with Gasteiger partial charge in [-0.2, -0.15) is 0 Å². The fourth-order valence-corrected chi connectivity index (χ4v) is 1.81. The fraction of sp³-hybridized carbons (Fsp3) is 0. The van der Waals surface area contributed by atoms with Gasteiger partial charge in [0.15, 0.2) is 0 Å². The summed E-state index contributed by atoms with van der Waals surface area (Å²) in [6.07, 6.45) is 1.75. The molecular formula is C16H12N2O2. The van der Waals surface area contributed by atoms with Gasteiger partial charge in [-0.15, -0.1) is 5.10 Å². The van der Waals surface area contributed by atoms with E-state index in [1.165, 1.54) is 0 Å². The molecule has 20 heavy (non-hydrogen) atoms. The zero-order valence-corrected chi connectivity index (χ0v) is 10.6. The molecule has 0 aliphatic heterocycles. The Bertz CT molecular complexity index is 706. The Morgan fingerprint density at radius 3 is 2.25 bits per heavy atom. The minimum Gasteiger partial charge on any atom is -0.402 e. The van der Waals surface area contributed by atoms with Crippen LogP contribution in [0.5, 0.6) is 5.88 Å². The van der Waals surface area contributed by atoms with Crippen molar-refractivity contribution in [1.29, 1.82) is 0 Å². The van der Waals surface area contributed by atoms with E-state index in [1.54, 1.807) is 41.2 Å². The Hall–Kier alpha value is -2.88. The second-order valence-corrected chi connectivity index (χ2v) is 4.19. The molecule has 0 spiro atoms. The van der Waals surface area contributed by atoms with Crippen molar-refractivity contribution in [2.75, 3.05) is 0 Å². The predicted octanol–water partition coefficient (Wildman–Crippen LogP) is 3.09. The number of para-hydroxylation sites is 1. The first-order valence-electron chi connectivity index (χ1n) is 6.21. The van der Waals surface area contributed by atoms with Crippen molar-refractivity contribution in [2.24, 2.45) is 0 Å². The van der Waals surface area contributed by atoms with Gasteiger partial charge in [-0.05, 0) is 24.3 Å². The summed E-state index contributed by atoms with van der Waals surface area (Å²) in [5, 5.41) is 4.22. The molecule has 0 fully saturated rings. The van der Waals surface area contributed by atoms with Crippen molar-refractivity contribution in [3.8, 4) is 11.6 Å². The van der Waals surface area contributed by atoms with Gasteiger partial charge in [-0.25, -0.2) is 9.48 Å². The van der Waals surface area contributed by atoms with Gasteiger partial charge in [-0.1, -0.05) is 36.4 Å². The molecule has 0 unspecified atom stereocenters. The number of aromatic nitrogens is 2. The number of hydrogen-bond acceptors (Lipinski definition) is 3. The van der Waals surface area contributed by atoms with Gasteiger partial charge in [0.25, 0.3) is 0 Å². The molecular weight excluding hydrogens is 252 g/mol. The lowest BCUT2D eigenvalue weighted by atomic mass is 10.2. The number of ether oxygens (including phenoxy) is 1. The lowest BCUT2D eigenvalue weighted by Gasteiger charge is -2.01. The normalized spacial score (nSPS) is 10.2. The van der Waals surface area contributed by atoms with Crippen LogP contribution in [-0.2, 0) is 0 Å². The number of rotatable bonds is 3. The highest BCUT2D eigenvalue weighted by atomic mass is 16.5. The van der Waals surface area contributed by atoms with E-state index in [0.29, 0.717) is 5.56 Å². The smallest absolute Gasteiger partial charge is 0.344 e. The predicted molar refractivity (Wildman–Crippen MR) is 75.0 cm³/mol. The first kappa shape index (κ1) is 12.2. The van der Waals surface area contributed by atoms with Crippen molar-refractivity contribution < 1.29 is 9.53 Å². The Balaban J connectivity index is 1.77. The summed E-state index contributed by atoms with van der Waals surface area (Å²) in [5.74, 6) is -0.133. The van der Waals surface area contributed by atoms with Gasteiger partial charge in [0.1, 0.15) is 0 Å². The summed E-state index contributed by atoms with van der Waals surface area (Å²) in [5.41, 5.74) is 1.41. The highest BCUT2D eigenvalue weighted by Crippen LogP contribution is 2.13. The summed E-state index contributed by atoms with van der Waals surface area (Å²) >= 11 is 0. The number of hydrogen-bond donors (Lipinski definition) is 0. The van der Waals surface area contributed by atoms with E-state index in [0.717, 1.165) is 5.69 Å². The van der Waals surface area contributed by atoms with Gasteiger partial charge < -0.3 is 4.74 Å². The first-order chi connectivity index (χ1) is 9.83. The van der Waals surface area contributed by atoms with Crippen LogP contribution in [0.25, 0.3) is 5.69 Å². The number of carbonyl (C=O) groups is 1. The van der Waals surface area contributed by atoms with E-state index < -0.39 is 5.97 Å². The summed E-state index contributed by atoms with van der Waals surface area (Å²) < 4.78 is 6.89. The van der Waals surface area contributed by atoms with Crippen molar-refractivity contribution in [1.82, 2.24) is 9.78 Å². The van der Waals surface area contributed by atoms with E-state index in [2.05, 4.69) is 5.10 Å². The van der Waals surface area contributed by atoms with Crippen LogP contribution in [0.1, 0.15) is 10.4 Å². The highest BCUT2D eigenvalue weighted by Gasteiger charge is 2.10. The van der Waals surface area contributed by atoms with Gasteiger partial charge >= 0.3 is 5.97 Å². The van der Waals surface area contributed by atoms with E-state index in [9.17, 15) is 4.79 Å². The number of nitrogens with zero attached hydrogens (tertiary/aromatic N) is 2. The maximum absolute atomic E-state index is 11.9. The lowest BCUT2D eigenvalue weighted by Crippen LogP contribution is -2.08. The second-order valence-electron chi connectivity index (χ2n) is 4.19. The monoisotopic (exact) mass is 264 g/mol. The minimum atomic E-state index is -0.413. The van der Waals surface area contributed by atoms with Crippen LogP contribution >= 0.6 is 0 Å². The number of benzene rings is 2. The number of carbonyl (C=O) groups excluding carboxylic acids is 1. The molecule has 0 radical (unpaired) electrons. The maximum atomic E-state index is 11.9. The lowest BCUT2D eigenvalue weighted by molar-refractivity contribution is 0.0727. The molecule has 0 bridgehead atoms. The quantitative estimate of drug-likeness (QED) is 0.683. The van der Waals surface area contributed by atoms with Gasteiger partial charge in [0.2, 0.25) is 5.88 Å². The molecule has 4 nitrogen and oxygen atoms in total. The largest absolute Gasteiger partial charge is 0.402 e. The molecule has 0 aliphatic rings. The third-order valence-corrected chi connectivity index (χ3v) is 2.79. The average molecular weight is 264 g/mol. The number of esters is 1. The fourth-order valence-electron chi connectivity index (χ4n) is 1.81. The summed E-state index contributed by atoms with van der Waals surface area (Å²) in [4.78, 5) is 11.9. The molecule has 4 heteroatoms. The SMILES string of the molecule is O=C(Oc1ccn(-c2ccccc2)n1)c1ccccc1. The minimum absolute atomic E-state index is 0.280. The Morgan fingerprint density at radius 2 is 1.55 bits per heavy atom. The van der Waals surface area contributed by atoms with Crippen molar-refractivity contribution in [3.63, 3.8) is 0 Å². The van der Waals surface area contributed by atoms with Crippen LogP contribution in [0, 0.1) is 0 Å². The molecule has 2 aromatic carbocycles. The van der Waals surface area contributed by atoms with Gasteiger partial charge in [0.05, 0.1) is 11.3 Å². The highest BCUT2D eigenvalue weighted by molar-refractivity contribution is 5.90. The second kappa shape index (κ2) is 5.40. The zero-order chi connectivity index (χ0) is 13.8. The topological polar surface area (TPSA) is 44.1 Å². The first-order valence-corrected chi connectivity index (χ1v) is 6.21. The molecule has 3 rings (SSSR count). The standard InChI is InChI=1S/C16H12N2O2/c19-16(13-7-3-1-4-8-13)20-15-11-12-18(17-15)14-9-5-2-6-10-14/h1-12H. The Labute approximate surface area is 116 Å². The third kappa shape index (κ3) is 2.59. The van der Waals surface area contributed by atoms with Crippen molar-refractivity contribution >= 4 is 5.97 Å². The molecule has 98 valence electrons. The summed E-state index contributed by atoms with van der Waals surface area (Å²) in [6, 6.07) is 20.1. The summed E-state index contributed by atoms with van der Waals surface area (Å²) in [6.45, 7) is 0. The molecule has 3 aromatic rings. The van der Waals surface area contributed by atoms with E-state index in [-0.39, 0.29) is 5.88 Å². The van der Waals surface area contributed by atoms with E-state index in [1.807, 2.05) is 36.4 Å². The molecule has 0 saturated carbocycles.